The van der Waals surface area contributed by atoms with E-state index in [0.717, 1.165) is 78.5 Å². The molecule has 5 fully saturated rings. The fourth-order valence-electron chi connectivity index (χ4n) is 6.83. The summed E-state index contributed by atoms with van der Waals surface area (Å²) >= 11 is 0. The Hall–Kier alpha value is -1.19. The number of benzene rings is 2. The number of rotatable bonds is 11. The molecule has 0 atom stereocenters. The molecular weight excluding hydrogens is 867 g/mol. The van der Waals surface area contributed by atoms with E-state index in [9.17, 15) is 25.2 Å². The van der Waals surface area contributed by atoms with Crippen molar-refractivity contribution in [2.45, 2.75) is 0 Å². The molecule has 4 heterocycles. The Morgan fingerprint density at radius 2 is 0.655 bits per heavy atom. The molecule has 18 heteroatoms. The summed E-state index contributed by atoms with van der Waals surface area (Å²) in [6.07, 6.45) is 10.0. The molecule has 0 bridgehead atoms. The van der Waals surface area contributed by atoms with Crippen LogP contribution in [-0.2, 0) is 19.5 Å². The number of anilines is 4. The molecule has 4 aliphatic heterocycles. The largest absolute Gasteiger partial charge is 2.00 e. The van der Waals surface area contributed by atoms with Crippen LogP contribution in [0.3, 0.4) is 0 Å². The molecule has 2 aromatic carbocycles. The van der Waals surface area contributed by atoms with E-state index in [0.29, 0.717) is 0 Å². The van der Waals surface area contributed by atoms with Crippen molar-refractivity contribution in [1.82, 2.24) is 20.4 Å². The van der Waals surface area contributed by atoms with Crippen LogP contribution in [0.15, 0.2) is 48.5 Å². The molecule has 0 unspecified atom stereocenters. The quantitative estimate of drug-likeness (QED) is 0.0795. The van der Waals surface area contributed by atoms with Crippen molar-refractivity contribution in [3.63, 3.8) is 0 Å². The van der Waals surface area contributed by atoms with E-state index in [-0.39, 0.29) is 19.5 Å². The number of hydrogen-bond donors (Lipinski definition) is 2. The summed E-state index contributed by atoms with van der Waals surface area (Å²) in [5.41, 5.74) is 5.48. The molecule has 2 aromatic rings. The Labute approximate surface area is 345 Å². The first-order chi connectivity index (χ1) is 25.8. The molecule has 7 rings (SSSR count). The third-order valence-electron chi connectivity index (χ3n) is 9.76. The Morgan fingerprint density at radius 3 is 0.909 bits per heavy atom. The van der Waals surface area contributed by atoms with Crippen LogP contribution in [0.2, 0.25) is 0 Å². The second-order valence-electron chi connectivity index (χ2n) is 13.7. The third kappa shape index (κ3) is 19.0. The van der Waals surface area contributed by atoms with Gasteiger partial charge in [0, 0.05) is 152 Å². The molecule has 8 nitrogen and oxygen atoms in total. The van der Waals surface area contributed by atoms with E-state index in [1.165, 1.54) is 73.5 Å². The Bertz CT molecular complexity index is 1250. The molecule has 4 saturated heterocycles. The van der Waals surface area contributed by atoms with Gasteiger partial charge in [-0.1, -0.05) is 21.6 Å². The summed E-state index contributed by atoms with van der Waals surface area (Å²) in [6, 6.07) is 18.6. The summed E-state index contributed by atoms with van der Waals surface area (Å²) in [6.45, 7) is 20.5. The second kappa shape index (κ2) is 21.7. The van der Waals surface area contributed by atoms with Crippen LogP contribution in [-0.4, -0.2) is 139 Å². The minimum Gasteiger partial charge on any atom is -0.369 e. The number of nitrogens with one attached hydrogen (secondary N) is 2. The Morgan fingerprint density at radius 1 is 0.418 bits per heavy atom. The van der Waals surface area contributed by atoms with Gasteiger partial charge >= 0.3 is 52.5 Å². The van der Waals surface area contributed by atoms with Crippen molar-refractivity contribution in [2.24, 2.45) is 0 Å². The summed E-state index contributed by atoms with van der Waals surface area (Å²) in [5.74, 6) is 2.45. The van der Waals surface area contributed by atoms with Crippen molar-refractivity contribution >= 4 is 52.1 Å². The number of hydrogen-bond acceptors (Lipinski definition) is 10. The van der Waals surface area contributed by atoms with E-state index in [1.807, 2.05) is 32.1 Å². The Balaban J connectivity index is 0.000000445. The maximum absolute atomic E-state index is 10.7. The SMILES string of the molecule is F[P-](F)(F)(F)(F)F.[CH]1[CH][CH][CH][CH]1.[Ru+2].c1cc(N2CCN(CCSSCCN3CCN(c4ccc(N5CCNCC5)cc4)CC3)CC2)ccc1N1CCNCC1. The molecular formula is C37H55F6N8PRuS2+. The summed E-state index contributed by atoms with van der Waals surface area (Å²) in [7, 11) is -6.53. The Kier molecular flexibility index (Phi) is 18.4. The predicted molar refractivity (Wildman–Crippen MR) is 220 cm³/mol. The first kappa shape index (κ1) is 46.5. The van der Waals surface area contributed by atoms with Crippen molar-refractivity contribution in [1.29, 1.82) is 0 Å². The number of piperazine rings is 4. The number of nitrogens with zero attached hydrogens (tertiary/aromatic N) is 6. The average Bonchev–Trinajstić information content (AvgIpc) is 3.77. The van der Waals surface area contributed by atoms with E-state index in [1.54, 1.807) is 0 Å². The molecule has 5 aliphatic rings. The van der Waals surface area contributed by atoms with Crippen molar-refractivity contribution in [2.75, 3.05) is 149 Å². The summed E-state index contributed by atoms with van der Waals surface area (Å²) < 4.78 is 59.2. The fraction of sp³-hybridized carbons (Fsp3) is 0.541. The smallest absolute Gasteiger partial charge is 0.369 e. The van der Waals surface area contributed by atoms with Gasteiger partial charge < -0.3 is 30.2 Å². The van der Waals surface area contributed by atoms with Gasteiger partial charge in [-0.15, -0.1) is 0 Å². The van der Waals surface area contributed by atoms with Gasteiger partial charge in [0.1, 0.15) is 0 Å². The van der Waals surface area contributed by atoms with Gasteiger partial charge in [0.15, 0.2) is 0 Å². The van der Waals surface area contributed by atoms with Crippen molar-refractivity contribution < 1.29 is 44.7 Å². The molecule has 1 saturated carbocycles. The van der Waals surface area contributed by atoms with Crippen LogP contribution in [0.4, 0.5) is 47.9 Å². The van der Waals surface area contributed by atoms with Gasteiger partial charge in [-0.25, -0.2) is 0 Å². The topological polar surface area (TPSA) is 43.5 Å². The van der Waals surface area contributed by atoms with E-state index in [2.05, 4.69) is 110 Å². The summed E-state index contributed by atoms with van der Waals surface area (Å²) in [4.78, 5) is 15.4. The van der Waals surface area contributed by atoms with Crippen LogP contribution >= 0.6 is 29.4 Å². The second-order valence-corrected chi connectivity index (χ2v) is 18.3. The van der Waals surface area contributed by atoms with Crippen LogP contribution in [0.1, 0.15) is 0 Å². The van der Waals surface area contributed by atoms with E-state index >= 15 is 0 Å². The van der Waals surface area contributed by atoms with Gasteiger partial charge in [0.2, 0.25) is 0 Å². The molecule has 0 spiro atoms. The molecule has 309 valence electrons. The first-order valence-corrected chi connectivity index (χ1v) is 23.3. The van der Waals surface area contributed by atoms with Crippen molar-refractivity contribution in [3.8, 4) is 0 Å². The maximum Gasteiger partial charge on any atom is 2.00 e. The van der Waals surface area contributed by atoms with Gasteiger partial charge in [-0.05, 0) is 80.6 Å². The fourth-order valence-corrected chi connectivity index (χ4v) is 8.88. The van der Waals surface area contributed by atoms with Crippen LogP contribution < -0.4 is 30.2 Å². The molecule has 5 radical (unpaired) electrons. The molecule has 55 heavy (non-hydrogen) atoms. The van der Waals surface area contributed by atoms with Crippen molar-refractivity contribution in [3.05, 3.63) is 80.6 Å². The van der Waals surface area contributed by atoms with Crippen LogP contribution in [0.25, 0.3) is 0 Å². The first-order valence-electron chi connectivity index (χ1n) is 18.8. The van der Waals surface area contributed by atoms with E-state index in [4.69, 9.17) is 0 Å². The summed E-state index contributed by atoms with van der Waals surface area (Å²) in [5, 5.41) is 6.88. The molecule has 0 aromatic heterocycles. The van der Waals surface area contributed by atoms with Gasteiger partial charge in [0.25, 0.3) is 0 Å². The van der Waals surface area contributed by atoms with Crippen LogP contribution in [0, 0.1) is 32.1 Å². The zero-order valence-corrected chi connectivity index (χ0v) is 35.5. The van der Waals surface area contributed by atoms with Gasteiger partial charge in [-0.3, -0.25) is 9.80 Å². The zero-order chi connectivity index (χ0) is 38.3. The standard InChI is InChI=1S/C32H50N8S2.C5H5.F6P.Ru/c1-5-31(6-2-29(1)37-13-9-33-10-14-37)39-21-17-35(18-22-39)25-27-41-42-28-26-36-19-23-40(24-20-36)32-7-3-30(4-8-32)38-15-11-34-12-16-38;1-2-4-5-3-1;1-7(2,3,4,5)6;/h1-8,33-34H,9-28H2;1-5H;;/q;;-1;+2. The monoisotopic (exact) mass is 922 g/mol. The molecule has 1 aliphatic carbocycles. The minimum atomic E-state index is -10.7. The zero-order valence-electron chi connectivity index (χ0n) is 31.2. The molecule has 0 amide bonds. The average molecular weight is 922 g/mol. The predicted octanol–water partition coefficient (Wildman–Crippen LogP) is 7.23. The number of halogens is 6. The van der Waals surface area contributed by atoms with E-state index < -0.39 is 7.81 Å². The molecule has 2 N–H and O–H groups in total. The van der Waals surface area contributed by atoms with Gasteiger partial charge in [-0.2, -0.15) is 0 Å². The maximum atomic E-state index is 9.87. The normalized spacial score (nSPS) is 21.3. The minimum absolute atomic E-state index is 0. The van der Waals surface area contributed by atoms with Crippen LogP contribution in [0.5, 0.6) is 0 Å². The third-order valence-corrected chi connectivity index (χ3v) is 12.1. The van der Waals surface area contributed by atoms with Gasteiger partial charge in [0.05, 0.1) is 0 Å².